The Morgan fingerprint density at radius 3 is 1.96 bits per heavy atom. The lowest BCUT2D eigenvalue weighted by Crippen LogP contribution is -2.46. The first-order valence-electron chi connectivity index (χ1n) is 25.0. The smallest absolute Gasteiger partial charge is 0.309 e. The largest absolute Gasteiger partial charge is 0.790 e. The predicted octanol–water partition coefficient (Wildman–Crippen LogP) is 2.66. The number of Topliss-reactive ketones (excluding diaryl/α,β-unsaturated/α-hetero) is 1. The van der Waals surface area contributed by atoms with Crippen molar-refractivity contribution >= 4 is 64.0 Å². The highest BCUT2D eigenvalue weighted by atomic mass is 31.3. The van der Waals surface area contributed by atoms with Crippen LogP contribution >= 0.6 is 23.5 Å². The maximum Gasteiger partial charge on any atom is 0.309 e. The molecule has 7 unspecified atom stereocenters. The SMILES string of the molecule is CC(C)(CCCCCCc1ccccc1CCCCCCC(C)(C)C(=O)CCNC(=O)CCNC(=O)C(O)C(C)(C)COP(=O)([O-])OP(=O)([O-])OCC1OC(n2cnc3c(N)ncnc32)C(O)C1OP(=O)([O-])[O-])C(=O)O. The normalized spacial score (nSPS) is 19.5. The highest BCUT2D eigenvalue weighted by Crippen LogP contribution is 2.56. The Hall–Kier alpha value is -4.10. The van der Waals surface area contributed by atoms with E-state index < -0.39 is 101 Å². The molecule has 76 heavy (non-hydrogen) atoms. The third kappa shape index (κ3) is 20.3. The quantitative estimate of drug-likeness (QED) is 0.0364. The van der Waals surface area contributed by atoms with Crippen molar-refractivity contribution in [3.63, 3.8) is 0 Å². The average molecular weight is 1130 g/mol. The number of ether oxygens (including phenoxy) is 1. The number of nitrogens with one attached hydrogen (secondary N) is 2. The number of aromatic nitrogens is 4. The minimum absolute atomic E-state index is 0.0102. The number of phosphoric ester groups is 3. The van der Waals surface area contributed by atoms with Gasteiger partial charge in [0, 0.05) is 36.8 Å². The van der Waals surface area contributed by atoms with E-state index in [1.807, 2.05) is 13.8 Å². The maximum atomic E-state index is 13.1. The monoisotopic (exact) mass is 1130 g/mol. The second-order valence-electron chi connectivity index (χ2n) is 20.8. The maximum absolute atomic E-state index is 13.1. The lowest BCUT2D eigenvalue weighted by Gasteiger charge is -2.36. The van der Waals surface area contributed by atoms with Crippen LogP contribution in [-0.4, -0.2) is 109 Å². The summed E-state index contributed by atoms with van der Waals surface area (Å²) in [6.07, 6.45) is 3.64. The summed E-state index contributed by atoms with van der Waals surface area (Å²) in [5.41, 5.74) is 5.47. The zero-order chi connectivity index (χ0) is 56.7. The Labute approximate surface area is 441 Å². The fourth-order valence-corrected chi connectivity index (χ4v) is 11.1. The van der Waals surface area contributed by atoms with Crippen LogP contribution in [0.15, 0.2) is 36.9 Å². The summed E-state index contributed by atoms with van der Waals surface area (Å²) < 4.78 is 61.1. The number of carboxylic acid groups (broad SMARTS) is 1. The standard InChI is InChI=1S/C47H76N7O19P3/c1-45(2,23-15-9-7-11-17-31-19-13-14-20-32(31)18-12-8-10-16-24-46(3,4)44(60)61)34(55)21-25-49-35(56)22-26-50-42(59)39(58)47(5,6)28-70-76(67,68)73-75(65,66)69-27-33-38(72-74(62,63)64)37(57)43(71-33)54-30-53-36-40(48)51-29-52-41(36)54/h13-14,19-20,29-30,33,37-39,43,57-58H,7-12,15-18,21-28H2,1-6H3,(H,49,56)(H,50,59)(H,60,61)(H,65,66)(H,67,68)(H2,48,51,52)(H2,62,63,64)/p-4. The number of nitrogen functional groups attached to an aromatic ring is 1. The van der Waals surface area contributed by atoms with Gasteiger partial charge in [-0.2, -0.15) is 0 Å². The topological polar surface area (TPSA) is 412 Å². The van der Waals surface area contributed by atoms with Gasteiger partial charge in [-0.05, 0) is 63.5 Å². The molecule has 3 aromatic rings. The molecule has 3 heterocycles. The number of ketones is 1. The first kappa shape index (κ1) is 64.4. The van der Waals surface area contributed by atoms with E-state index in [-0.39, 0.29) is 48.7 Å². The number of amides is 2. The van der Waals surface area contributed by atoms with Crippen LogP contribution in [0.3, 0.4) is 0 Å². The predicted molar refractivity (Wildman–Crippen MR) is 266 cm³/mol. The second kappa shape index (κ2) is 28.2. The number of anilines is 1. The Bertz CT molecular complexity index is 2580. The van der Waals surface area contributed by atoms with E-state index in [9.17, 15) is 67.8 Å². The van der Waals surface area contributed by atoms with E-state index in [4.69, 9.17) is 10.5 Å². The van der Waals surface area contributed by atoms with Crippen molar-refractivity contribution < 1.29 is 90.4 Å². The molecule has 7 N–H and O–H groups in total. The summed E-state index contributed by atoms with van der Waals surface area (Å²) in [5, 5.41) is 35.9. The second-order valence-corrected chi connectivity index (χ2v) is 24.9. The molecule has 0 saturated carbocycles. The Balaban J connectivity index is 1.11. The molecule has 0 radical (unpaired) electrons. The molecule has 2 amide bonds. The Kier molecular flexibility index (Phi) is 23.9. The van der Waals surface area contributed by atoms with Crippen LogP contribution in [0.2, 0.25) is 0 Å². The van der Waals surface area contributed by atoms with Gasteiger partial charge in [-0.1, -0.05) is 90.5 Å². The molecule has 1 aromatic carbocycles. The molecule has 26 nitrogen and oxygen atoms in total. The van der Waals surface area contributed by atoms with Crippen LogP contribution in [-0.2, 0) is 68.3 Å². The van der Waals surface area contributed by atoms with Gasteiger partial charge >= 0.3 is 5.97 Å². The van der Waals surface area contributed by atoms with Crippen LogP contribution in [0, 0.1) is 16.2 Å². The molecule has 0 bridgehead atoms. The number of aliphatic carboxylic acids is 1. The van der Waals surface area contributed by atoms with E-state index in [0.29, 0.717) is 12.8 Å². The third-order valence-electron chi connectivity index (χ3n) is 13.2. The molecular formula is C47H72N7O19P3-4. The number of aryl methyl sites for hydroxylation is 2. The van der Waals surface area contributed by atoms with E-state index in [1.54, 1.807) is 13.8 Å². The van der Waals surface area contributed by atoms with Gasteiger partial charge in [0.05, 0.1) is 32.8 Å². The number of benzene rings is 1. The molecule has 2 aromatic heterocycles. The highest BCUT2D eigenvalue weighted by Gasteiger charge is 2.47. The first-order chi connectivity index (χ1) is 35.3. The number of carbonyl (C=O) groups excluding carboxylic acids is 3. The van der Waals surface area contributed by atoms with Gasteiger partial charge in [-0.3, -0.25) is 32.9 Å². The van der Waals surface area contributed by atoms with Crippen molar-refractivity contribution in [3.05, 3.63) is 48.0 Å². The minimum atomic E-state index is -5.94. The van der Waals surface area contributed by atoms with Gasteiger partial charge in [-0.25, -0.2) is 19.3 Å². The highest BCUT2D eigenvalue weighted by molar-refractivity contribution is 7.59. The van der Waals surface area contributed by atoms with Crippen LogP contribution < -0.4 is 35.9 Å². The fraction of sp³-hybridized carbons (Fsp3) is 0.681. The van der Waals surface area contributed by atoms with Crippen LogP contribution in [0.25, 0.3) is 11.2 Å². The minimum Gasteiger partial charge on any atom is -0.790 e. The zero-order valence-corrected chi connectivity index (χ0v) is 46.3. The molecule has 0 aliphatic carbocycles. The van der Waals surface area contributed by atoms with Gasteiger partial charge in [0.2, 0.25) is 11.8 Å². The van der Waals surface area contributed by atoms with E-state index >= 15 is 0 Å². The average Bonchev–Trinajstić information content (AvgIpc) is 3.89. The van der Waals surface area contributed by atoms with Crippen molar-refractivity contribution in [2.75, 3.05) is 32.0 Å². The van der Waals surface area contributed by atoms with Crippen molar-refractivity contribution in [3.8, 4) is 0 Å². The van der Waals surface area contributed by atoms with Crippen molar-refractivity contribution in [1.82, 2.24) is 30.2 Å². The number of carboxylic acids is 1. The number of fused-ring (bicyclic) bond motifs is 1. The molecule has 1 aliphatic heterocycles. The number of aliphatic hydroxyl groups excluding tert-OH is 2. The summed E-state index contributed by atoms with van der Waals surface area (Å²) in [5.74, 6) is -2.37. The van der Waals surface area contributed by atoms with Gasteiger partial charge in [-0.15, -0.1) is 0 Å². The summed E-state index contributed by atoms with van der Waals surface area (Å²) in [7, 11) is -17.7. The number of aliphatic hydroxyl groups is 2. The van der Waals surface area contributed by atoms with Gasteiger partial charge in [0.15, 0.2) is 17.7 Å². The number of rotatable bonds is 35. The number of unbranched alkanes of at least 4 members (excludes halogenated alkanes) is 6. The number of nitrogens with two attached hydrogens (primary N) is 1. The first-order valence-corrected chi connectivity index (χ1v) is 29.4. The number of hydrogen-bond donors (Lipinski definition) is 6. The molecule has 4 rings (SSSR count). The van der Waals surface area contributed by atoms with Crippen LogP contribution in [0.5, 0.6) is 0 Å². The summed E-state index contributed by atoms with van der Waals surface area (Å²) in [6, 6.07) is 8.48. The molecule has 428 valence electrons. The molecular weight excluding hydrogens is 1060 g/mol. The Morgan fingerprint density at radius 1 is 0.803 bits per heavy atom. The lowest BCUT2D eigenvalue weighted by molar-refractivity contribution is -0.347. The molecule has 1 saturated heterocycles. The Morgan fingerprint density at radius 2 is 1.37 bits per heavy atom. The number of hydrogen-bond acceptors (Lipinski definition) is 22. The van der Waals surface area contributed by atoms with Gasteiger partial charge in [0.1, 0.15) is 42.0 Å². The lowest BCUT2D eigenvalue weighted by atomic mass is 9.81. The molecule has 7 atom stereocenters. The zero-order valence-electron chi connectivity index (χ0n) is 43.7. The van der Waals surface area contributed by atoms with Crippen molar-refractivity contribution in [2.45, 2.75) is 162 Å². The van der Waals surface area contributed by atoms with Crippen molar-refractivity contribution in [2.24, 2.45) is 16.2 Å². The molecule has 29 heteroatoms. The van der Waals surface area contributed by atoms with E-state index in [1.165, 1.54) is 25.0 Å². The molecule has 0 spiro atoms. The molecule has 1 aliphatic rings. The number of imidazole rings is 1. The molecule has 1 fully saturated rings. The number of phosphoric acid groups is 3. The van der Waals surface area contributed by atoms with Crippen molar-refractivity contribution in [1.29, 1.82) is 0 Å². The summed E-state index contributed by atoms with van der Waals surface area (Å²) >= 11 is 0. The number of nitrogens with zero attached hydrogens (tertiary/aromatic N) is 4. The fourth-order valence-electron chi connectivity index (χ4n) is 8.33. The number of carbonyl (C=O) groups is 4. The summed E-state index contributed by atoms with van der Waals surface area (Å²) in [6.45, 7) is 7.22. The van der Waals surface area contributed by atoms with Gasteiger partial charge in [0.25, 0.3) is 15.6 Å². The van der Waals surface area contributed by atoms with Gasteiger partial charge < -0.3 is 74.1 Å². The van der Waals surface area contributed by atoms with Crippen LogP contribution in [0.1, 0.15) is 136 Å². The summed E-state index contributed by atoms with van der Waals surface area (Å²) in [4.78, 5) is 110. The van der Waals surface area contributed by atoms with E-state index in [0.717, 1.165) is 81.4 Å². The van der Waals surface area contributed by atoms with Crippen LogP contribution in [0.4, 0.5) is 5.82 Å². The van der Waals surface area contributed by atoms with E-state index in [2.05, 4.69) is 67.7 Å². The third-order valence-corrected chi connectivity index (χ3v) is 16.2.